The summed E-state index contributed by atoms with van der Waals surface area (Å²) in [4.78, 5) is 4.93. The summed E-state index contributed by atoms with van der Waals surface area (Å²) < 4.78 is 0. The molecule has 0 amide bonds. The van der Waals surface area contributed by atoms with Gasteiger partial charge in [0, 0.05) is 11.3 Å². The van der Waals surface area contributed by atoms with Gasteiger partial charge in [0.25, 0.3) is 0 Å². The van der Waals surface area contributed by atoms with E-state index < -0.39 is 0 Å². The first kappa shape index (κ1) is 15.8. The minimum absolute atomic E-state index is 0.143. The van der Waals surface area contributed by atoms with Crippen molar-refractivity contribution in [1.82, 2.24) is 0 Å². The number of aliphatic imine (C=N–C) groups is 1. The number of nitrogens with two attached hydrogens (primary N) is 1. The Morgan fingerprint density at radius 3 is 2.73 bits per heavy atom. The highest BCUT2D eigenvalue weighted by Crippen LogP contribution is 2.36. The monoisotopic (exact) mass is 314 g/mol. The van der Waals surface area contributed by atoms with E-state index in [-0.39, 0.29) is 12.1 Å². The number of rotatable bonds is 3. The first-order chi connectivity index (χ1) is 10.6. The van der Waals surface area contributed by atoms with Crippen molar-refractivity contribution in [3.05, 3.63) is 47.0 Å². The number of benzene rings is 1. The lowest BCUT2D eigenvalue weighted by Gasteiger charge is -2.33. The highest BCUT2D eigenvalue weighted by atomic mass is 32.2. The molecule has 0 bridgehead atoms. The van der Waals surface area contributed by atoms with E-state index in [9.17, 15) is 0 Å². The molecule has 1 aliphatic carbocycles. The van der Waals surface area contributed by atoms with Crippen LogP contribution in [0.15, 0.2) is 46.5 Å². The normalized spacial score (nSPS) is 26.4. The van der Waals surface area contributed by atoms with Gasteiger partial charge in [0.2, 0.25) is 0 Å². The summed E-state index contributed by atoms with van der Waals surface area (Å²) in [6.07, 6.45) is 6.00. The second kappa shape index (κ2) is 7.01. The molecule has 3 unspecified atom stereocenters. The molecule has 22 heavy (non-hydrogen) atoms. The van der Waals surface area contributed by atoms with E-state index in [2.05, 4.69) is 44.2 Å². The van der Waals surface area contributed by atoms with Gasteiger partial charge < -0.3 is 5.73 Å². The van der Waals surface area contributed by atoms with Crippen LogP contribution < -0.4 is 5.73 Å². The molecule has 1 aromatic carbocycles. The molecule has 0 fully saturated rings. The first-order valence-electron chi connectivity index (χ1n) is 8.41. The number of nitrogens with zero attached hydrogens (tertiary/aromatic N) is 1. The summed E-state index contributed by atoms with van der Waals surface area (Å²) in [7, 11) is 0. The number of thioether (sulfide) groups is 1. The van der Waals surface area contributed by atoms with E-state index in [4.69, 9.17) is 10.7 Å². The molecular weight excluding hydrogens is 288 g/mol. The van der Waals surface area contributed by atoms with Crippen molar-refractivity contribution in [3.63, 3.8) is 0 Å². The van der Waals surface area contributed by atoms with Crippen molar-refractivity contribution in [1.29, 1.82) is 0 Å². The third-order valence-electron chi connectivity index (χ3n) is 4.69. The largest absolute Gasteiger partial charge is 0.322 e. The van der Waals surface area contributed by atoms with Crippen LogP contribution in [-0.2, 0) is 6.42 Å². The van der Waals surface area contributed by atoms with Crippen molar-refractivity contribution < 1.29 is 0 Å². The molecule has 0 saturated heterocycles. The predicted molar refractivity (Wildman–Crippen MR) is 97.6 cm³/mol. The number of hydrogen-bond donors (Lipinski definition) is 1. The molecule has 2 aliphatic rings. The molecule has 0 saturated carbocycles. The molecule has 3 atom stereocenters. The summed E-state index contributed by atoms with van der Waals surface area (Å²) in [5.41, 5.74) is 10.7. The van der Waals surface area contributed by atoms with Gasteiger partial charge >= 0.3 is 0 Å². The van der Waals surface area contributed by atoms with Gasteiger partial charge in [0.05, 0.1) is 11.1 Å². The fourth-order valence-corrected chi connectivity index (χ4v) is 4.71. The van der Waals surface area contributed by atoms with Crippen LogP contribution >= 0.6 is 11.8 Å². The van der Waals surface area contributed by atoms with Crippen LogP contribution in [0.5, 0.6) is 0 Å². The van der Waals surface area contributed by atoms with Gasteiger partial charge in [0.15, 0.2) is 0 Å². The second-order valence-electron chi connectivity index (χ2n) is 6.53. The Morgan fingerprint density at radius 2 is 1.95 bits per heavy atom. The van der Waals surface area contributed by atoms with Gasteiger partial charge in [-0.1, -0.05) is 37.3 Å². The van der Waals surface area contributed by atoms with Gasteiger partial charge in [-0.25, -0.2) is 0 Å². The lowest BCUT2D eigenvalue weighted by Crippen LogP contribution is -2.39. The van der Waals surface area contributed by atoms with Gasteiger partial charge in [-0.15, -0.1) is 11.8 Å². The Morgan fingerprint density at radius 1 is 1.23 bits per heavy atom. The fourth-order valence-electron chi connectivity index (χ4n) is 3.45. The standard InChI is InChI=1S/C19H26N2S/c1-13(12-15-8-4-3-5-9-15)22-19-17-11-7-6-10-16(17)18(20)14(2)21-19/h3-5,8-9,13-14,18H,6-7,10-12,20H2,1-2H3. The molecule has 3 heteroatoms. The van der Waals surface area contributed by atoms with Crippen molar-refractivity contribution in [2.45, 2.75) is 63.3 Å². The minimum atomic E-state index is 0.143. The molecule has 2 nitrogen and oxygen atoms in total. The van der Waals surface area contributed by atoms with Gasteiger partial charge in [-0.3, -0.25) is 4.99 Å². The average molecular weight is 314 g/mol. The van der Waals surface area contributed by atoms with E-state index in [0.29, 0.717) is 5.25 Å². The zero-order chi connectivity index (χ0) is 15.5. The zero-order valence-electron chi connectivity index (χ0n) is 13.6. The molecule has 1 aliphatic heterocycles. The van der Waals surface area contributed by atoms with Crippen LogP contribution in [0, 0.1) is 0 Å². The second-order valence-corrected chi connectivity index (χ2v) is 7.96. The minimum Gasteiger partial charge on any atom is -0.322 e. The van der Waals surface area contributed by atoms with E-state index in [1.54, 1.807) is 0 Å². The summed E-state index contributed by atoms with van der Waals surface area (Å²) >= 11 is 1.94. The number of hydrogen-bond acceptors (Lipinski definition) is 3. The maximum atomic E-state index is 6.38. The van der Waals surface area contributed by atoms with Gasteiger partial charge in [0.1, 0.15) is 0 Å². The Bertz CT molecular complexity index is 576. The van der Waals surface area contributed by atoms with Crippen LogP contribution in [0.25, 0.3) is 0 Å². The van der Waals surface area contributed by atoms with Crippen LogP contribution in [0.3, 0.4) is 0 Å². The number of dihydropyridines is 1. The van der Waals surface area contributed by atoms with Crippen molar-refractivity contribution in [2.75, 3.05) is 0 Å². The van der Waals surface area contributed by atoms with E-state index in [1.807, 2.05) is 11.8 Å². The Labute approximate surface area is 138 Å². The molecule has 0 radical (unpaired) electrons. The van der Waals surface area contributed by atoms with Crippen LogP contribution in [-0.4, -0.2) is 22.4 Å². The lowest BCUT2D eigenvalue weighted by molar-refractivity contribution is 0.553. The Hall–Kier alpha value is -1.06. The summed E-state index contributed by atoms with van der Waals surface area (Å²) in [6.45, 7) is 4.47. The maximum Gasteiger partial charge on any atom is 0.0943 e. The maximum absolute atomic E-state index is 6.38. The van der Waals surface area contributed by atoms with Crippen molar-refractivity contribution in [2.24, 2.45) is 10.7 Å². The van der Waals surface area contributed by atoms with Gasteiger partial charge in [-0.05, 0) is 55.7 Å². The first-order valence-corrected chi connectivity index (χ1v) is 9.29. The molecule has 1 heterocycles. The molecule has 0 spiro atoms. The third kappa shape index (κ3) is 3.47. The van der Waals surface area contributed by atoms with E-state index in [1.165, 1.54) is 47.4 Å². The van der Waals surface area contributed by atoms with E-state index in [0.717, 1.165) is 6.42 Å². The molecule has 0 aromatic heterocycles. The predicted octanol–water partition coefficient (Wildman–Crippen LogP) is 4.35. The van der Waals surface area contributed by atoms with Crippen molar-refractivity contribution in [3.8, 4) is 0 Å². The topological polar surface area (TPSA) is 38.4 Å². The summed E-state index contributed by atoms with van der Waals surface area (Å²) in [6, 6.07) is 11.1. The smallest absolute Gasteiger partial charge is 0.0943 e. The zero-order valence-corrected chi connectivity index (χ0v) is 14.4. The van der Waals surface area contributed by atoms with Crippen LogP contribution in [0.1, 0.15) is 45.1 Å². The van der Waals surface area contributed by atoms with Crippen LogP contribution in [0.4, 0.5) is 0 Å². The molecule has 3 rings (SSSR count). The van der Waals surface area contributed by atoms with Crippen LogP contribution in [0.2, 0.25) is 0 Å². The molecule has 1 aromatic rings. The summed E-state index contributed by atoms with van der Waals surface area (Å²) in [5, 5.41) is 1.81. The SMILES string of the molecule is CC(Cc1ccccc1)SC1=NC(C)C(N)C2=C1CCCC2. The summed E-state index contributed by atoms with van der Waals surface area (Å²) in [5.74, 6) is 0. The van der Waals surface area contributed by atoms with Gasteiger partial charge in [-0.2, -0.15) is 0 Å². The highest BCUT2D eigenvalue weighted by molar-refractivity contribution is 8.14. The Kier molecular flexibility index (Phi) is 5.04. The van der Waals surface area contributed by atoms with Crippen molar-refractivity contribution >= 4 is 16.8 Å². The third-order valence-corrected chi connectivity index (χ3v) is 5.83. The lowest BCUT2D eigenvalue weighted by atomic mass is 9.84. The quantitative estimate of drug-likeness (QED) is 0.901. The highest BCUT2D eigenvalue weighted by Gasteiger charge is 2.30. The Balaban J connectivity index is 1.73. The molecule has 118 valence electrons. The molecular formula is C19H26N2S. The fraction of sp³-hybridized carbons (Fsp3) is 0.526. The molecule has 2 N–H and O–H groups in total. The van der Waals surface area contributed by atoms with E-state index >= 15 is 0 Å². The average Bonchev–Trinajstić information content (AvgIpc) is 2.53.